The third-order valence-corrected chi connectivity index (χ3v) is 6.62. The number of halogens is 1. The van der Waals surface area contributed by atoms with Crippen LogP contribution in [-0.4, -0.2) is 59.8 Å². The Labute approximate surface area is 166 Å². The normalized spacial score (nSPS) is 15.4. The summed E-state index contributed by atoms with van der Waals surface area (Å²) in [5.74, 6) is -0.918. The molecular formula is C19H17FN4O4S. The Kier molecular flexibility index (Phi) is 5.12. The molecule has 29 heavy (non-hydrogen) atoms. The van der Waals surface area contributed by atoms with Crippen molar-refractivity contribution < 1.29 is 22.1 Å². The fraction of sp³-hybridized carbons (Fsp3) is 0.211. The number of carbonyl (C=O) groups is 1. The van der Waals surface area contributed by atoms with Gasteiger partial charge in [0.2, 0.25) is 10.0 Å². The molecule has 0 spiro atoms. The van der Waals surface area contributed by atoms with Crippen LogP contribution in [0.3, 0.4) is 0 Å². The van der Waals surface area contributed by atoms with Crippen molar-refractivity contribution >= 4 is 15.9 Å². The van der Waals surface area contributed by atoms with Crippen LogP contribution in [0.1, 0.15) is 10.4 Å². The van der Waals surface area contributed by atoms with E-state index in [1.165, 1.54) is 46.0 Å². The average Bonchev–Trinajstić information content (AvgIpc) is 3.25. The molecule has 0 bridgehead atoms. The number of hydrogen-bond donors (Lipinski definition) is 0. The van der Waals surface area contributed by atoms with Gasteiger partial charge in [-0.15, -0.1) is 0 Å². The number of hydrogen-bond acceptors (Lipinski definition) is 6. The van der Waals surface area contributed by atoms with Gasteiger partial charge in [0.15, 0.2) is 5.76 Å². The molecule has 1 saturated heterocycles. The first-order chi connectivity index (χ1) is 14.0. The van der Waals surface area contributed by atoms with Crippen molar-refractivity contribution in [1.29, 1.82) is 0 Å². The number of benzene rings is 1. The highest BCUT2D eigenvalue weighted by atomic mass is 32.2. The van der Waals surface area contributed by atoms with Crippen LogP contribution >= 0.6 is 0 Å². The first-order valence-corrected chi connectivity index (χ1v) is 10.3. The molecule has 1 fully saturated rings. The van der Waals surface area contributed by atoms with Gasteiger partial charge in [0, 0.05) is 44.1 Å². The van der Waals surface area contributed by atoms with Crippen molar-refractivity contribution in [2.24, 2.45) is 0 Å². The summed E-state index contributed by atoms with van der Waals surface area (Å²) in [5.41, 5.74) is 0.521. The Morgan fingerprint density at radius 3 is 2.41 bits per heavy atom. The van der Waals surface area contributed by atoms with E-state index in [2.05, 4.69) is 10.1 Å². The van der Waals surface area contributed by atoms with Gasteiger partial charge in [-0.3, -0.25) is 9.78 Å². The van der Waals surface area contributed by atoms with Crippen LogP contribution in [0.5, 0.6) is 0 Å². The predicted octanol–water partition coefficient (Wildman–Crippen LogP) is 2.02. The van der Waals surface area contributed by atoms with Crippen molar-refractivity contribution in [2.75, 3.05) is 26.2 Å². The first-order valence-electron chi connectivity index (χ1n) is 8.87. The number of carbonyl (C=O) groups excluding carboxylic acids is 1. The maximum Gasteiger partial charge on any atom is 0.256 e. The molecule has 3 heterocycles. The van der Waals surface area contributed by atoms with E-state index >= 15 is 0 Å². The maximum atomic E-state index is 13.9. The van der Waals surface area contributed by atoms with Crippen molar-refractivity contribution in [3.05, 3.63) is 66.4 Å². The molecule has 3 aromatic rings. The first kappa shape index (κ1) is 19.2. The molecule has 0 N–H and O–H groups in total. The van der Waals surface area contributed by atoms with Crippen LogP contribution in [-0.2, 0) is 10.0 Å². The molecule has 1 amide bonds. The lowest BCUT2D eigenvalue weighted by Crippen LogP contribution is -2.50. The molecule has 1 aliphatic heterocycles. The second-order valence-corrected chi connectivity index (χ2v) is 8.34. The molecule has 0 atom stereocenters. The van der Waals surface area contributed by atoms with Gasteiger partial charge in [0.25, 0.3) is 5.91 Å². The molecule has 0 unspecified atom stereocenters. The minimum absolute atomic E-state index is 0.0252. The second-order valence-electron chi connectivity index (χ2n) is 6.43. The Hall–Kier alpha value is -3.11. The smallest absolute Gasteiger partial charge is 0.256 e. The van der Waals surface area contributed by atoms with Crippen LogP contribution in [0, 0.1) is 5.82 Å². The highest BCUT2D eigenvalue weighted by Crippen LogP contribution is 2.29. The minimum atomic E-state index is -3.87. The summed E-state index contributed by atoms with van der Waals surface area (Å²) in [4.78, 5) is 17.8. The monoisotopic (exact) mass is 416 g/mol. The van der Waals surface area contributed by atoms with Crippen molar-refractivity contribution in [2.45, 2.75) is 4.90 Å². The van der Waals surface area contributed by atoms with Gasteiger partial charge in [-0.25, -0.2) is 12.8 Å². The molecule has 2 aromatic heterocycles. The zero-order valence-electron chi connectivity index (χ0n) is 15.2. The molecular weight excluding hydrogens is 399 g/mol. The van der Waals surface area contributed by atoms with E-state index in [-0.39, 0.29) is 42.4 Å². The predicted molar refractivity (Wildman–Crippen MR) is 101 cm³/mol. The Morgan fingerprint density at radius 2 is 1.72 bits per heavy atom. The molecule has 0 saturated carbocycles. The lowest BCUT2D eigenvalue weighted by Gasteiger charge is -2.33. The van der Waals surface area contributed by atoms with E-state index < -0.39 is 21.7 Å². The standard InChI is InChI=1S/C19H17FN4O4S/c20-16-4-2-1-3-15(16)19(25)23-9-11-24(12-10-23)29(26,27)17-13-22-28-18(17)14-5-7-21-8-6-14/h1-8,13H,9-12H2. The Bertz CT molecular complexity index is 1130. The molecule has 0 aliphatic carbocycles. The quantitative estimate of drug-likeness (QED) is 0.646. The number of nitrogens with zero attached hydrogens (tertiary/aromatic N) is 4. The van der Waals surface area contributed by atoms with Crippen LogP contribution < -0.4 is 0 Å². The summed E-state index contributed by atoms with van der Waals surface area (Å²) in [7, 11) is -3.87. The third-order valence-electron chi connectivity index (χ3n) is 4.73. The number of aromatic nitrogens is 2. The van der Waals surface area contributed by atoms with Gasteiger partial charge >= 0.3 is 0 Å². The highest BCUT2D eigenvalue weighted by Gasteiger charge is 2.34. The minimum Gasteiger partial charge on any atom is -0.355 e. The second kappa shape index (κ2) is 7.72. The number of amides is 1. The lowest BCUT2D eigenvalue weighted by atomic mass is 10.1. The highest BCUT2D eigenvalue weighted by molar-refractivity contribution is 7.89. The van der Waals surface area contributed by atoms with E-state index in [1.54, 1.807) is 18.2 Å². The van der Waals surface area contributed by atoms with Crippen LogP contribution in [0.4, 0.5) is 4.39 Å². The molecule has 4 rings (SSSR count). The molecule has 10 heteroatoms. The average molecular weight is 416 g/mol. The molecule has 1 aromatic carbocycles. The van der Waals surface area contributed by atoms with Crippen LogP contribution in [0.2, 0.25) is 0 Å². The van der Waals surface area contributed by atoms with Gasteiger partial charge in [-0.05, 0) is 24.3 Å². The van der Waals surface area contributed by atoms with E-state index in [0.29, 0.717) is 5.56 Å². The van der Waals surface area contributed by atoms with Crippen molar-refractivity contribution in [3.63, 3.8) is 0 Å². The number of pyridine rings is 1. The Balaban J connectivity index is 1.51. The summed E-state index contributed by atoms with van der Waals surface area (Å²) >= 11 is 0. The van der Waals surface area contributed by atoms with Crippen molar-refractivity contribution in [1.82, 2.24) is 19.3 Å². The maximum absolute atomic E-state index is 13.9. The van der Waals surface area contributed by atoms with Gasteiger partial charge in [-0.2, -0.15) is 4.31 Å². The van der Waals surface area contributed by atoms with E-state index in [4.69, 9.17) is 4.52 Å². The van der Waals surface area contributed by atoms with E-state index in [1.807, 2.05) is 0 Å². The molecule has 1 aliphatic rings. The number of rotatable bonds is 4. The van der Waals surface area contributed by atoms with Crippen LogP contribution in [0.25, 0.3) is 11.3 Å². The molecule has 0 radical (unpaired) electrons. The zero-order chi connectivity index (χ0) is 20.4. The zero-order valence-corrected chi connectivity index (χ0v) is 16.0. The molecule has 150 valence electrons. The van der Waals surface area contributed by atoms with Gasteiger partial charge < -0.3 is 9.42 Å². The number of piperazine rings is 1. The molecule has 8 nitrogen and oxygen atoms in total. The summed E-state index contributed by atoms with van der Waals surface area (Å²) in [6.07, 6.45) is 4.23. The van der Waals surface area contributed by atoms with Crippen LogP contribution in [0.15, 0.2) is 64.4 Å². The summed E-state index contributed by atoms with van der Waals surface area (Å²) in [6, 6.07) is 8.99. The van der Waals surface area contributed by atoms with Gasteiger partial charge in [0.05, 0.1) is 11.8 Å². The van der Waals surface area contributed by atoms with Gasteiger partial charge in [-0.1, -0.05) is 17.3 Å². The third kappa shape index (κ3) is 3.64. The summed E-state index contributed by atoms with van der Waals surface area (Å²) in [6.45, 7) is 0.484. The topological polar surface area (TPSA) is 96.6 Å². The fourth-order valence-corrected chi connectivity index (χ4v) is 4.68. The summed E-state index contributed by atoms with van der Waals surface area (Å²) in [5, 5.41) is 3.64. The van der Waals surface area contributed by atoms with E-state index in [9.17, 15) is 17.6 Å². The SMILES string of the molecule is O=C(c1ccccc1F)N1CCN(S(=O)(=O)c2cnoc2-c2ccncc2)CC1. The largest absolute Gasteiger partial charge is 0.355 e. The number of sulfonamides is 1. The fourth-order valence-electron chi connectivity index (χ4n) is 3.19. The summed E-state index contributed by atoms with van der Waals surface area (Å²) < 4.78 is 46.5. The lowest BCUT2D eigenvalue weighted by molar-refractivity contribution is 0.0693. The van der Waals surface area contributed by atoms with Crippen molar-refractivity contribution in [3.8, 4) is 11.3 Å². The van der Waals surface area contributed by atoms with Gasteiger partial charge in [0.1, 0.15) is 10.7 Å². The van der Waals surface area contributed by atoms with E-state index in [0.717, 1.165) is 0 Å². The Morgan fingerprint density at radius 1 is 1.03 bits per heavy atom.